The Morgan fingerprint density at radius 3 is 3.05 bits per heavy atom. The molecule has 0 aromatic carbocycles. The molecular weight excluding hydrogens is 288 g/mol. The molecule has 0 saturated carbocycles. The molecule has 0 spiro atoms. The minimum absolute atomic E-state index is 0.0936. The minimum Gasteiger partial charge on any atom is -0.384 e. The zero-order chi connectivity index (χ0) is 14.8. The van der Waals surface area contributed by atoms with Gasteiger partial charge in [0.15, 0.2) is 0 Å². The van der Waals surface area contributed by atoms with E-state index in [0.717, 1.165) is 26.5 Å². The third-order valence-electron chi connectivity index (χ3n) is 2.98. The standard InChI is InChI=1S/C13H14N6OS/c1-15-12(20)6-16-8-5-11(14)18-9-4-10(21-13(8)9)7-2-3-17-19-7/h2-5H,6H2,1H3,(H,15,20)(H,17,19)(H3,14,16,18). The lowest BCUT2D eigenvalue weighted by molar-refractivity contribution is -0.118. The number of carbonyl (C=O) groups excluding carboxylic acids is 1. The van der Waals surface area contributed by atoms with Crippen LogP contribution in [0.5, 0.6) is 0 Å². The second-order valence-corrected chi connectivity index (χ2v) is 5.47. The molecule has 8 heteroatoms. The van der Waals surface area contributed by atoms with E-state index in [1.165, 1.54) is 0 Å². The number of thiophene rings is 1. The Hall–Kier alpha value is -2.61. The highest BCUT2D eigenvalue weighted by Gasteiger charge is 2.12. The molecule has 3 aromatic rings. The molecule has 0 aliphatic heterocycles. The van der Waals surface area contributed by atoms with Crippen molar-refractivity contribution >= 4 is 39.0 Å². The van der Waals surface area contributed by atoms with Crippen LogP contribution in [0.15, 0.2) is 24.4 Å². The number of likely N-dealkylation sites (N-methyl/N-ethyl adjacent to an activating group) is 1. The molecule has 1 amide bonds. The van der Waals surface area contributed by atoms with Crippen molar-refractivity contribution in [1.29, 1.82) is 0 Å². The molecule has 3 aromatic heterocycles. The van der Waals surface area contributed by atoms with Crippen LogP contribution < -0.4 is 16.4 Å². The molecule has 0 unspecified atom stereocenters. The first-order valence-electron chi connectivity index (χ1n) is 6.31. The van der Waals surface area contributed by atoms with E-state index < -0.39 is 0 Å². The number of hydrogen-bond acceptors (Lipinski definition) is 6. The van der Waals surface area contributed by atoms with Gasteiger partial charge < -0.3 is 16.4 Å². The molecule has 0 saturated heterocycles. The molecule has 0 fully saturated rings. The minimum atomic E-state index is -0.0936. The number of fused-ring (bicyclic) bond motifs is 1. The van der Waals surface area contributed by atoms with Gasteiger partial charge in [-0.05, 0) is 12.1 Å². The van der Waals surface area contributed by atoms with Crippen LogP contribution in [0.3, 0.4) is 0 Å². The maximum absolute atomic E-state index is 11.4. The number of nitrogens with two attached hydrogens (primary N) is 1. The lowest BCUT2D eigenvalue weighted by Crippen LogP contribution is -2.26. The highest BCUT2D eigenvalue weighted by molar-refractivity contribution is 7.22. The Balaban J connectivity index is 2.01. The topological polar surface area (TPSA) is 109 Å². The molecule has 3 heterocycles. The summed E-state index contributed by atoms with van der Waals surface area (Å²) in [5.41, 5.74) is 8.35. The van der Waals surface area contributed by atoms with Crippen molar-refractivity contribution in [2.45, 2.75) is 0 Å². The largest absolute Gasteiger partial charge is 0.384 e. The van der Waals surface area contributed by atoms with Gasteiger partial charge in [0, 0.05) is 19.3 Å². The number of anilines is 2. The zero-order valence-corrected chi connectivity index (χ0v) is 12.1. The maximum atomic E-state index is 11.4. The fraction of sp³-hybridized carbons (Fsp3) is 0.154. The van der Waals surface area contributed by atoms with E-state index in [9.17, 15) is 4.79 Å². The van der Waals surface area contributed by atoms with Crippen LogP contribution >= 0.6 is 11.3 Å². The van der Waals surface area contributed by atoms with E-state index in [4.69, 9.17) is 5.73 Å². The Labute approximate surface area is 124 Å². The summed E-state index contributed by atoms with van der Waals surface area (Å²) in [5.74, 6) is 0.319. The fourth-order valence-electron chi connectivity index (χ4n) is 1.96. The van der Waals surface area contributed by atoms with Gasteiger partial charge in [0.05, 0.1) is 33.0 Å². The normalized spacial score (nSPS) is 10.7. The Morgan fingerprint density at radius 1 is 1.48 bits per heavy atom. The lowest BCUT2D eigenvalue weighted by atomic mass is 10.3. The average molecular weight is 302 g/mol. The number of carbonyl (C=O) groups is 1. The van der Waals surface area contributed by atoms with Crippen LogP contribution in [0, 0.1) is 0 Å². The molecule has 5 N–H and O–H groups in total. The van der Waals surface area contributed by atoms with E-state index in [2.05, 4.69) is 25.8 Å². The van der Waals surface area contributed by atoms with Gasteiger partial charge in [0.2, 0.25) is 5.91 Å². The van der Waals surface area contributed by atoms with Crippen LogP contribution in [0.25, 0.3) is 20.8 Å². The number of rotatable bonds is 4. The van der Waals surface area contributed by atoms with Gasteiger partial charge in [0.25, 0.3) is 0 Å². The van der Waals surface area contributed by atoms with Crippen molar-refractivity contribution in [1.82, 2.24) is 20.5 Å². The summed E-state index contributed by atoms with van der Waals surface area (Å²) in [6.45, 7) is 0.187. The van der Waals surface area contributed by atoms with E-state index in [1.54, 1.807) is 30.6 Å². The summed E-state index contributed by atoms with van der Waals surface area (Å²) in [6, 6.07) is 5.58. The number of nitrogen functional groups attached to an aromatic ring is 1. The molecule has 0 aliphatic rings. The average Bonchev–Trinajstić information content (AvgIpc) is 3.12. The van der Waals surface area contributed by atoms with Crippen LogP contribution in [0.2, 0.25) is 0 Å². The maximum Gasteiger partial charge on any atom is 0.239 e. The third kappa shape index (κ3) is 2.65. The molecule has 3 rings (SSSR count). The van der Waals surface area contributed by atoms with Crippen molar-refractivity contribution in [2.75, 3.05) is 24.6 Å². The lowest BCUT2D eigenvalue weighted by Gasteiger charge is -2.07. The number of aromatic nitrogens is 3. The first kappa shape index (κ1) is 13.4. The number of pyridine rings is 1. The van der Waals surface area contributed by atoms with E-state index in [0.29, 0.717) is 5.82 Å². The zero-order valence-electron chi connectivity index (χ0n) is 11.3. The number of H-pyrrole nitrogens is 1. The second-order valence-electron chi connectivity index (χ2n) is 4.42. The summed E-state index contributed by atoms with van der Waals surface area (Å²) in [6.07, 6.45) is 1.70. The molecular formula is C13H14N6OS. The highest BCUT2D eigenvalue weighted by atomic mass is 32.1. The molecule has 0 bridgehead atoms. The number of nitrogens with one attached hydrogen (secondary N) is 3. The van der Waals surface area contributed by atoms with Gasteiger partial charge in [-0.25, -0.2) is 4.98 Å². The predicted molar refractivity (Wildman–Crippen MR) is 84.2 cm³/mol. The molecule has 0 aliphatic carbocycles. The van der Waals surface area contributed by atoms with Crippen LogP contribution in [-0.4, -0.2) is 34.7 Å². The smallest absolute Gasteiger partial charge is 0.239 e. The van der Waals surface area contributed by atoms with E-state index in [-0.39, 0.29) is 12.5 Å². The Bertz CT molecular complexity index is 779. The first-order valence-corrected chi connectivity index (χ1v) is 7.13. The predicted octanol–water partition coefficient (Wildman–Crippen LogP) is 1.43. The molecule has 21 heavy (non-hydrogen) atoms. The van der Waals surface area contributed by atoms with Crippen LogP contribution in [0.1, 0.15) is 0 Å². The quantitative estimate of drug-likeness (QED) is 0.583. The van der Waals surface area contributed by atoms with Gasteiger partial charge in [-0.2, -0.15) is 5.10 Å². The SMILES string of the molecule is CNC(=O)CNc1cc(N)nc2cc(-c3ccn[nH]3)sc12. The van der Waals surface area contributed by atoms with Crippen LogP contribution in [0.4, 0.5) is 11.5 Å². The highest BCUT2D eigenvalue weighted by Crippen LogP contribution is 2.36. The summed E-state index contributed by atoms with van der Waals surface area (Å²) in [7, 11) is 1.60. The van der Waals surface area contributed by atoms with Gasteiger partial charge in [0.1, 0.15) is 5.82 Å². The van der Waals surface area contributed by atoms with Crippen LogP contribution in [-0.2, 0) is 4.79 Å². The molecule has 0 atom stereocenters. The molecule has 7 nitrogen and oxygen atoms in total. The van der Waals surface area contributed by atoms with Crippen molar-refractivity contribution in [2.24, 2.45) is 0 Å². The van der Waals surface area contributed by atoms with Crippen molar-refractivity contribution in [3.8, 4) is 10.6 Å². The monoisotopic (exact) mass is 302 g/mol. The molecule has 0 radical (unpaired) electrons. The van der Waals surface area contributed by atoms with Crippen molar-refractivity contribution in [3.63, 3.8) is 0 Å². The Morgan fingerprint density at radius 2 is 2.33 bits per heavy atom. The van der Waals surface area contributed by atoms with Crippen molar-refractivity contribution in [3.05, 3.63) is 24.4 Å². The number of amides is 1. The van der Waals surface area contributed by atoms with Gasteiger partial charge in [-0.15, -0.1) is 11.3 Å². The number of hydrogen-bond donors (Lipinski definition) is 4. The molecule has 108 valence electrons. The summed E-state index contributed by atoms with van der Waals surface area (Å²) in [5, 5.41) is 12.5. The summed E-state index contributed by atoms with van der Waals surface area (Å²) in [4.78, 5) is 16.7. The van der Waals surface area contributed by atoms with Crippen molar-refractivity contribution < 1.29 is 4.79 Å². The summed E-state index contributed by atoms with van der Waals surface area (Å²) < 4.78 is 0.956. The fourth-order valence-corrected chi connectivity index (χ4v) is 3.03. The van der Waals surface area contributed by atoms with Gasteiger partial charge >= 0.3 is 0 Å². The van der Waals surface area contributed by atoms with Gasteiger partial charge in [-0.3, -0.25) is 9.89 Å². The van der Waals surface area contributed by atoms with E-state index >= 15 is 0 Å². The second kappa shape index (κ2) is 5.41. The Kier molecular flexibility index (Phi) is 3.44. The number of aromatic amines is 1. The number of nitrogens with zero attached hydrogens (tertiary/aromatic N) is 2. The van der Waals surface area contributed by atoms with E-state index in [1.807, 2.05) is 12.1 Å². The first-order chi connectivity index (χ1) is 10.2. The summed E-state index contributed by atoms with van der Waals surface area (Å²) >= 11 is 1.57. The van der Waals surface area contributed by atoms with Gasteiger partial charge in [-0.1, -0.05) is 0 Å². The third-order valence-corrected chi connectivity index (χ3v) is 4.17.